The smallest absolute Gasteiger partial charge is 0.103 e. The van der Waals surface area contributed by atoms with Gasteiger partial charge in [0, 0.05) is 47.7 Å². The van der Waals surface area contributed by atoms with Gasteiger partial charge in [-0.15, -0.1) is 0 Å². The van der Waals surface area contributed by atoms with Crippen LogP contribution < -0.4 is 4.90 Å². The molecule has 2 fully saturated rings. The second kappa shape index (κ2) is 6.44. The van der Waals surface area contributed by atoms with E-state index in [0.29, 0.717) is 23.4 Å². The van der Waals surface area contributed by atoms with Gasteiger partial charge in [-0.25, -0.2) is 0 Å². The van der Waals surface area contributed by atoms with E-state index in [2.05, 4.69) is 20.9 Å². The number of anilines is 1. The van der Waals surface area contributed by atoms with Crippen LogP contribution in [0.15, 0.2) is 48.9 Å². The predicted molar refractivity (Wildman–Crippen MR) is 108 cm³/mol. The Bertz CT molecular complexity index is 1080. The van der Waals surface area contributed by atoms with E-state index >= 15 is 0 Å². The molecule has 2 unspecified atom stereocenters. The van der Waals surface area contributed by atoms with Gasteiger partial charge in [0.05, 0.1) is 28.6 Å². The highest BCUT2D eigenvalue weighted by molar-refractivity contribution is 6.30. The molecule has 2 aromatic heterocycles. The summed E-state index contributed by atoms with van der Waals surface area (Å²) in [5, 5.41) is 22.8. The normalized spacial score (nSPS) is 26.4. The quantitative estimate of drug-likeness (QED) is 0.710. The number of nitrogens with zero attached hydrogens (tertiary/aromatic N) is 4. The number of fused-ring (bicyclic) bond motifs is 3. The lowest BCUT2D eigenvalue weighted by atomic mass is 9.80. The number of hydrogen-bond acceptors (Lipinski definition) is 5. The summed E-state index contributed by atoms with van der Waals surface area (Å²) in [6.45, 7) is 0. The first-order chi connectivity index (χ1) is 13.6. The van der Waals surface area contributed by atoms with Crippen LogP contribution >= 0.6 is 11.6 Å². The van der Waals surface area contributed by atoms with E-state index in [-0.39, 0.29) is 12.1 Å². The van der Waals surface area contributed by atoms with Crippen LogP contribution in [0.2, 0.25) is 5.02 Å². The molecule has 5 rings (SSSR count). The van der Waals surface area contributed by atoms with Crippen LogP contribution in [0.25, 0.3) is 10.9 Å². The van der Waals surface area contributed by atoms with Crippen LogP contribution in [0.1, 0.15) is 36.8 Å². The zero-order valence-electron chi connectivity index (χ0n) is 15.2. The molecule has 2 atom stereocenters. The Kier molecular flexibility index (Phi) is 4.01. The summed E-state index contributed by atoms with van der Waals surface area (Å²) in [7, 11) is 0. The van der Waals surface area contributed by atoms with E-state index < -0.39 is 5.60 Å². The minimum absolute atomic E-state index is 0.172. The van der Waals surface area contributed by atoms with E-state index in [9.17, 15) is 10.4 Å². The maximum atomic E-state index is 11.5. The molecule has 6 heteroatoms. The van der Waals surface area contributed by atoms with Crippen LogP contribution in [0.3, 0.4) is 0 Å². The SMILES string of the molecule is N#Cc1cnc2cnccc2c1N1C2CCC1CC(O)(c1ccc(Cl)cc1)C2. The molecule has 0 spiro atoms. The highest BCUT2D eigenvalue weighted by Crippen LogP contribution is 2.49. The summed E-state index contributed by atoms with van der Waals surface area (Å²) in [5.74, 6) is 0. The number of pyridine rings is 2. The Hall–Kier alpha value is -2.68. The molecule has 1 aromatic carbocycles. The highest BCUT2D eigenvalue weighted by Gasteiger charge is 2.49. The predicted octanol–water partition coefficient (Wildman–Crippen LogP) is 4.17. The Morgan fingerprint density at radius 3 is 2.50 bits per heavy atom. The Morgan fingerprint density at radius 2 is 1.82 bits per heavy atom. The number of aliphatic hydroxyl groups is 1. The van der Waals surface area contributed by atoms with Crippen LogP contribution in [-0.2, 0) is 5.60 Å². The van der Waals surface area contributed by atoms with Crippen molar-refractivity contribution < 1.29 is 5.11 Å². The van der Waals surface area contributed by atoms with Crippen molar-refractivity contribution in [3.8, 4) is 6.07 Å². The Morgan fingerprint density at radius 1 is 1.11 bits per heavy atom. The zero-order valence-corrected chi connectivity index (χ0v) is 16.0. The topological polar surface area (TPSA) is 73.0 Å². The first kappa shape index (κ1) is 17.4. The zero-order chi connectivity index (χ0) is 19.3. The third-order valence-corrected chi connectivity index (χ3v) is 6.42. The van der Waals surface area contributed by atoms with Crippen molar-refractivity contribution in [1.29, 1.82) is 5.26 Å². The molecule has 2 saturated heterocycles. The van der Waals surface area contributed by atoms with Gasteiger partial charge in [-0.05, 0) is 36.6 Å². The molecule has 2 aliphatic heterocycles. The molecular formula is C22H19ClN4O. The number of halogens is 1. The van der Waals surface area contributed by atoms with Gasteiger partial charge in [-0.1, -0.05) is 23.7 Å². The maximum Gasteiger partial charge on any atom is 0.103 e. The van der Waals surface area contributed by atoms with Gasteiger partial charge in [0.15, 0.2) is 0 Å². The minimum atomic E-state index is -0.871. The summed E-state index contributed by atoms with van der Waals surface area (Å²) in [6.07, 6.45) is 8.37. The van der Waals surface area contributed by atoms with Crippen LogP contribution in [0, 0.1) is 11.3 Å². The monoisotopic (exact) mass is 390 g/mol. The van der Waals surface area contributed by atoms with E-state index in [1.54, 1.807) is 18.6 Å². The summed E-state index contributed by atoms with van der Waals surface area (Å²) in [5.41, 5.74) is 2.34. The molecular weight excluding hydrogens is 372 g/mol. The Labute approximate surface area is 168 Å². The molecule has 2 aliphatic rings. The van der Waals surface area contributed by atoms with E-state index in [1.165, 1.54) is 0 Å². The number of aromatic nitrogens is 2. The number of benzene rings is 1. The van der Waals surface area contributed by atoms with Crippen LogP contribution in [0.5, 0.6) is 0 Å². The lowest BCUT2D eigenvalue weighted by molar-refractivity contribution is -0.00297. The van der Waals surface area contributed by atoms with Crippen LogP contribution in [-0.4, -0.2) is 27.2 Å². The van der Waals surface area contributed by atoms with Gasteiger partial charge in [0.1, 0.15) is 6.07 Å². The number of hydrogen-bond donors (Lipinski definition) is 1. The fraction of sp³-hybridized carbons (Fsp3) is 0.318. The molecule has 3 aromatic rings. The summed E-state index contributed by atoms with van der Waals surface area (Å²) >= 11 is 6.03. The van der Waals surface area contributed by atoms with Crippen molar-refractivity contribution in [2.75, 3.05) is 4.90 Å². The maximum absolute atomic E-state index is 11.5. The lowest BCUT2D eigenvalue weighted by Crippen LogP contribution is -2.50. The van der Waals surface area contributed by atoms with Crippen molar-refractivity contribution >= 4 is 28.2 Å². The number of piperidine rings is 1. The molecule has 2 bridgehead atoms. The first-order valence-corrected chi connectivity index (χ1v) is 9.86. The molecule has 5 nitrogen and oxygen atoms in total. The van der Waals surface area contributed by atoms with Crippen molar-refractivity contribution in [2.45, 2.75) is 43.4 Å². The largest absolute Gasteiger partial charge is 0.385 e. The van der Waals surface area contributed by atoms with Gasteiger partial charge in [0.2, 0.25) is 0 Å². The fourth-order valence-electron chi connectivity index (χ4n) is 4.98. The van der Waals surface area contributed by atoms with Crippen molar-refractivity contribution in [1.82, 2.24) is 9.97 Å². The van der Waals surface area contributed by atoms with E-state index in [1.807, 2.05) is 30.3 Å². The second-order valence-electron chi connectivity index (χ2n) is 7.76. The molecule has 140 valence electrons. The number of nitriles is 1. The summed E-state index contributed by atoms with van der Waals surface area (Å²) < 4.78 is 0. The van der Waals surface area contributed by atoms with E-state index in [4.69, 9.17) is 11.6 Å². The van der Waals surface area contributed by atoms with Gasteiger partial charge in [-0.2, -0.15) is 5.26 Å². The molecule has 0 amide bonds. The average molecular weight is 391 g/mol. The standard InChI is InChI=1S/C22H19ClN4O/c23-16-3-1-15(2-4-16)22(28)9-17-5-6-18(10-22)27(17)21-14(11-24)12-26-20-13-25-8-7-19(20)21/h1-4,7-8,12-13,17-18,28H,5-6,9-10H2. The van der Waals surface area contributed by atoms with Crippen molar-refractivity contribution in [3.05, 3.63) is 65.1 Å². The van der Waals surface area contributed by atoms with Gasteiger partial charge in [0.25, 0.3) is 0 Å². The third-order valence-electron chi connectivity index (χ3n) is 6.17. The van der Waals surface area contributed by atoms with Crippen LogP contribution in [0.4, 0.5) is 5.69 Å². The van der Waals surface area contributed by atoms with Crippen molar-refractivity contribution in [3.63, 3.8) is 0 Å². The van der Waals surface area contributed by atoms with Gasteiger partial charge in [-0.3, -0.25) is 9.97 Å². The molecule has 0 saturated carbocycles. The Balaban J connectivity index is 1.58. The molecule has 1 N–H and O–H groups in total. The van der Waals surface area contributed by atoms with Gasteiger partial charge >= 0.3 is 0 Å². The van der Waals surface area contributed by atoms with Gasteiger partial charge < -0.3 is 10.0 Å². The first-order valence-electron chi connectivity index (χ1n) is 9.49. The summed E-state index contributed by atoms with van der Waals surface area (Å²) in [4.78, 5) is 10.9. The second-order valence-corrected chi connectivity index (χ2v) is 8.20. The molecule has 0 radical (unpaired) electrons. The highest BCUT2D eigenvalue weighted by atomic mass is 35.5. The molecule has 0 aliphatic carbocycles. The average Bonchev–Trinajstić information content (AvgIpc) is 2.98. The van der Waals surface area contributed by atoms with E-state index in [0.717, 1.165) is 35.0 Å². The van der Waals surface area contributed by atoms with Crippen molar-refractivity contribution in [2.24, 2.45) is 0 Å². The molecule has 28 heavy (non-hydrogen) atoms. The fourth-order valence-corrected chi connectivity index (χ4v) is 5.10. The number of rotatable bonds is 2. The lowest BCUT2D eigenvalue weighted by Gasteiger charge is -2.45. The summed E-state index contributed by atoms with van der Waals surface area (Å²) in [6, 6.07) is 12.1. The molecule has 4 heterocycles. The minimum Gasteiger partial charge on any atom is -0.385 e. The third kappa shape index (κ3) is 2.64.